The summed E-state index contributed by atoms with van der Waals surface area (Å²) in [5.74, 6) is -0.704. The summed E-state index contributed by atoms with van der Waals surface area (Å²) in [4.78, 5) is 34.8. The van der Waals surface area contributed by atoms with E-state index < -0.39 is 12.0 Å². The van der Waals surface area contributed by atoms with Crippen LogP contribution in [-0.4, -0.2) is 45.2 Å². The molecule has 3 amide bonds. The van der Waals surface area contributed by atoms with E-state index in [9.17, 15) is 14.4 Å². The summed E-state index contributed by atoms with van der Waals surface area (Å²) in [6, 6.07) is 7.42. The van der Waals surface area contributed by atoms with Crippen LogP contribution in [0.3, 0.4) is 0 Å². The second-order valence-corrected chi connectivity index (χ2v) is 4.76. The average molecular weight is 294 g/mol. The Morgan fingerprint density at radius 3 is 2.24 bits per heavy atom. The minimum Gasteiger partial charge on any atom is -0.453 e. The van der Waals surface area contributed by atoms with Gasteiger partial charge < -0.3 is 15.0 Å². The largest absolute Gasteiger partial charge is 0.453 e. The normalized spacial score (nSPS) is 11.4. The molecule has 0 radical (unpaired) electrons. The lowest BCUT2D eigenvalue weighted by atomic mass is 10.2. The fourth-order valence-corrected chi connectivity index (χ4v) is 1.66. The van der Waals surface area contributed by atoms with E-state index in [2.05, 4.69) is 10.1 Å². The molecule has 7 nitrogen and oxygen atoms in total. The standard InChI is InChI=1S/C14H19N3O4/c1-10-4-6-11(7-5-10)15-12(18)8-17(2)9-13(19)16-14(20)21-3/h4-7H,8-9H2,1-3H3,(H,15,18)(H,16,19,20)/p+1. The molecule has 0 aromatic heterocycles. The Balaban J connectivity index is 2.38. The first-order chi connectivity index (χ1) is 9.90. The van der Waals surface area contributed by atoms with Crippen LogP contribution in [0.5, 0.6) is 0 Å². The molecule has 0 aliphatic carbocycles. The van der Waals surface area contributed by atoms with Crippen molar-refractivity contribution >= 4 is 23.6 Å². The molecule has 0 spiro atoms. The third kappa shape index (κ3) is 6.53. The van der Waals surface area contributed by atoms with Crippen LogP contribution < -0.4 is 15.5 Å². The van der Waals surface area contributed by atoms with Gasteiger partial charge in [0.2, 0.25) is 0 Å². The summed E-state index contributed by atoms with van der Waals surface area (Å²) in [5, 5.41) is 4.78. The minimum absolute atomic E-state index is 0.00355. The fraction of sp³-hybridized carbons (Fsp3) is 0.357. The van der Waals surface area contributed by atoms with Gasteiger partial charge in [0.15, 0.2) is 13.1 Å². The van der Waals surface area contributed by atoms with Gasteiger partial charge in [-0.05, 0) is 19.1 Å². The Bertz CT molecular complexity index is 513. The number of amides is 3. The van der Waals surface area contributed by atoms with Crippen molar-refractivity contribution in [1.82, 2.24) is 5.32 Å². The number of aryl methyl sites for hydroxylation is 1. The highest BCUT2D eigenvalue weighted by atomic mass is 16.5. The maximum absolute atomic E-state index is 11.8. The zero-order valence-corrected chi connectivity index (χ0v) is 12.4. The number of quaternary nitrogens is 1. The van der Waals surface area contributed by atoms with Crippen LogP contribution >= 0.6 is 0 Å². The molecular weight excluding hydrogens is 274 g/mol. The molecule has 1 unspecified atom stereocenters. The van der Waals surface area contributed by atoms with Crippen LogP contribution in [0.4, 0.5) is 10.5 Å². The average Bonchev–Trinajstić information content (AvgIpc) is 2.40. The Hall–Kier alpha value is -2.41. The molecule has 3 N–H and O–H groups in total. The molecule has 114 valence electrons. The number of benzene rings is 1. The Kier molecular flexibility index (Phi) is 6.35. The Morgan fingerprint density at radius 2 is 1.67 bits per heavy atom. The van der Waals surface area contributed by atoms with E-state index in [1.807, 2.05) is 36.5 Å². The zero-order chi connectivity index (χ0) is 15.8. The first kappa shape index (κ1) is 16.6. The Morgan fingerprint density at radius 1 is 1.10 bits per heavy atom. The summed E-state index contributed by atoms with van der Waals surface area (Å²) in [6.45, 7) is 2.07. The highest BCUT2D eigenvalue weighted by Crippen LogP contribution is 2.07. The first-order valence-electron chi connectivity index (χ1n) is 6.46. The van der Waals surface area contributed by atoms with E-state index in [-0.39, 0.29) is 19.0 Å². The van der Waals surface area contributed by atoms with Gasteiger partial charge >= 0.3 is 6.09 Å². The maximum Gasteiger partial charge on any atom is 0.413 e. The summed E-state index contributed by atoms with van der Waals surface area (Å²) in [6.07, 6.45) is -0.808. The molecule has 0 heterocycles. The summed E-state index contributed by atoms with van der Waals surface area (Å²) in [5.41, 5.74) is 1.81. The SMILES string of the molecule is COC(=O)NC(=O)C[NH+](C)CC(=O)Nc1ccc(C)cc1. The van der Waals surface area contributed by atoms with Gasteiger partial charge in [0.05, 0.1) is 14.2 Å². The monoisotopic (exact) mass is 294 g/mol. The lowest BCUT2D eigenvalue weighted by molar-refractivity contribution is -0.862. The van der Waals surface area contributed by atoms with Crippen LogP contribution in [0.1, 0.15) is 5.56 Å². The van der Waals surface area contributed by atoms with Crippen molar-refractivity contribution < 1.29 is 24.0 Å². The second-order valence-electron chi connectivity index (χ2n) is 4.76. The first-order valence-corrected chi connectivity index (χ1v) is 6.46. The second kappa shape index (κ2) is 8.01. The predicted octanol–water partition coefficient (Wildman–Crippen LogP) is -0.669. The highest BCUT2D eigenvalue weighted by molar-refractivity contribution is 5.93. The molecule has 1 rings (SSSR count). The van der Waals surface area contributed by atoms with Crippen LogP contribution in [0.25, 0.3) is 0 Å². The number of nitrogens with one attached hydrogen (secondary N) is 3. The summed E-state index contributed by atoms with van der Waals surface area (Å²) in [7, 11) is 2.86. The number of imide groups is 1. The number of carbonyl (C=O) groups is 3. The molecule has 1 aromatic carbocycles. The lowest BCUT2D eigenvalue weighted by Crippen LogP contribution is -3.11. The zero-order valence-electron chi connectivity index (χ0n) is 12.4. The molecule has 1 aromatic rings. The maximum atomic E-state index is 11.8. The molecule has 0 aliphatic heterocycles. The van der Waals surface area contributed by atoms with Crippen molar-refractivity contribution in [2.75, 3.05) is 32.6 Å². The predicted molar refractivity (Wildman–Crippen MR) is 77.0 cm³/mol. The molecule has 0 fully saturated rings. The van der Waals surface area contributed by atoms with Crippen molar-refractivity contribution in [2.24, 2.45) is 0 Å². The van der Waals surface area contributed by atoms with E-state index in [0.29, 0.717) is 10.6 Å². The van der Waals surface area contributed by atoms with E-state index in [0.717, 1.165) is 5.56 Å². The summed E-state index contributed by atoms with van der Waals surface area (Å²) >= 11 is 0. The van der Waals surface area contributed by atoms with Crippen LogP contribution in [0, 0.1) is 6.92 Å². The van der Waals surface area contributed by atoms with E-state index in [1.54, 1.807) is 7.05 Å². The Labute approximate surface area is 123 Å². The number of ether oxygens (including phenoxy) is 1. The van der Waals surface area contributed by atoms with E-state index >= 15 is 0 Å². The van der Waals surface area contributed by atoms with Crippen molar-refractivity contribution in [1.29, 1.82) is 0 Å². The molecule has 7 heteroatoms. The number of anilines is 1. The number of carbonyl (C=O) groups excluding carboxylic acids is 3. The molecule has 0 saturated carbocycles. The number of alkyl carbamates (subject to hydrolysis) is 1. The van der Waals surface area contributed by atoms with Gasteiger partial charge in [0, 0.05) is 5.69 Å². The fourth-order valence-electron chi connectivity index (χ4n) is 1.66. The van der Waals surface area contributed by atoms with Gasteiger partial charge in [-0.15, -0.1) is 0 Å². The number of hydrogen-bond donors (Lipinski definition) is 3. The number of methoxy groups -OCH3 is 1. The van der Waals surface area contributed by atoms with Gasteiger partial charge in [-0.2, -0.15) is 0 Å². The molecule has 0 bridgehead atoms. The van der Waals surface area contributed by atoms with Gasteiger partial charge in [-0.1, -0.05) is 17.7 Å². The van der Waals surface area contributed by atoms with Gasteiger partial charge in [0.25, 0.3) is 11.8 Å². The van der Waals surface area contributed by atoms with Crippen LogP contribution in [0.15, 0.2) is 24.3 Å². The number of likely N-dealkylation sites (N-methyl/N-ethyl adjacent to an activating group) is 1. The van der Waals surface area contributed by atoms with Gasteiger partial charge in [-0.25, -0.2) is 4.79 Å². The van der Waals surface area contributed by atoms with E-state index in [1.165, 1.54) is 7.11 Å². The van der Waals surface area contributed by atoms with Crippen molar-refractivity contribution in [3.05, 3.63) is 29.8 Å². The van der Waals surface area contributed by atoms with Crippen LogP contribution in [0.2, 0.25) is 0 Å². The van der Waals surface area contributed by atoms with E-state index in [4.69, 9.17) is 0 Å². The molecule has 1 atom stereocenters. The minimum atomic E-state index is -0.808. The summed E-state index contributed by atoms with van der Waals surface area (Å²) < 4.78 is 4.31. The smallest absolute Gasteiger partial charge is 0.413 e. The molecule has 0 saturated heterocycles. The number of hydrogen-bond acceptors (Lipinski definition) is 4. The highest BCUT2D eigenvalue weighted by Gasteiger charge is 2.16. The third-order valence-electron chi connectivity index (χ3n) is 2.69. The van der Waals surface area contributed by atoms with Crippen molar-refractivity contribution in [2.45, 2.75) is 6.92 Å². The van der Waals surface area contributed by atoms with Crippen molar-refractivity contribution in [3.8, 4) is 0 Å². The topological polar surface area (TPSA) is 88.9 Å². The number of rotatable bonds is 5. The van der Waals surface area contributed by atoms with Crippen LogP contribution in [-0.2, 0) is 14.3 Å². The molecule has 0 aliphatic rings. The van der Waals surface area contributed by atoms with Crippen molar-refractivity contribution in [3.63, 3.8) is 0 Å². The third-order valence-corrected chi connectivity index (χ3v) is 2.69. The van der Waals surface area contributed by atoms with Gasteiger partial charge in [0.1, 0.15) is 0 Å². The lowest BCUT2D eigenvalue weighted by Gasteiger charge is -2.13. The van der Waals surface area contributed by atoms with Gasteiger partial charge in [-0.3, -0.25) is 14.9 Å². The molecular formula is C14H20N3O4+. The molecule has 21 heavy (non-hydrogen) atoms. The quantitative estimate of drug-likeness (QED) is 0.672.